The summed E-state index contributed by atoms with van der Waals surface area (Å²) in [6, 6.07) is 12.7. The zero-order chi connectivity index (χ0) is 19.9. The Morgan fingerprint density at radius 3 is 2.61 bits per heavy atom. The van der Waals surface area contributed by atoms with Gasteiger partial charge in [0.1, 0.15) is 5.82 Å². The van der Waals surface area contributed by atoms with Crippen LogP contribution in [0.4, 0.5) is 9.52 Å². The lowest BCUT2D eigenvalue weighted by atomic mass is 10.3. The van der Waals surface area contributed by atoms with Gasteiger partial charge in [-0.25, -0.2) is 17.8 Å². The number of aromatic nitrogens is 1. The van der Waals surface area contributed by atoms with E-state index in [0.717, 1.165) is 15.8 Å². The van der Waals surface area contributed by atoms with Crippen LogP contribution in [0.3, 0.4) is 0 Å². The van der Waals surface area contributed by atoms with Gasteiger partial charge in [0, 0.05) is 4.47 Å². The third kappa shape index (κ3) is 3.58. The highest BCUT2D eigenvalue weighted by Crippen LogP contribution is 2.28. The minimum atomic E-state index is -3.89. The highest BCUT2D eigenvalue weighted by molar-refractivity contribution is 9.10. The Morgan fingerprint density at radius 2 is 1.86 bits per heavy atom. The van der Waals surface area contributed by atoms with Gasteiger partial charge in [0.25, 0.3) is 5.91 Å². The number of sulfone groups is 1. The molecule has 0 spiro atoms. The minimum absolute atomic E-state index is 0.0465. The predicted octanol–water partition coefficient (Wildman–Crippen LogP) is 4.88. The first-order chi connectivity index (χ1) is 13.3. The molecular formula is C18H10BrFN2O4S2. The molecule has 0 radical (unpaired) electrons. The number of nitrogens with zero attached hydrogens (tertiary/aromatic N) is 1. The Morgan fingerprint density at radius 1 is 1.11 bits per heavy atom. The molecule has 6 nitrogen and oxygen atoms in total. The van der Waals surface area contributed by atoms with Crippen molar-refractivity contribution in [1.82, 2.24) is 4.98 Å². The first kappa shape index (κ1) is 18.8. The first-order valence-electron chi connectivity index (χ1n) is 7.81. The van der Waals surface area contributed by atoms with E-state index in [-0.39, 0.29) is 20.9 Å². The molecule has 0 aliphatic heterocycles. The molecule has 1 N–H and O–H groups in total. The van der Waals surface area contributed by atoms with Crippen LogP contribution in [-0.4, -0.2) is 19.3 Å². The molecule has 0 aliphatic rings. The van der Waals surface area contributed by atoms with Gasteiger partial charge in [0.15, 0.2) is 10.9 Å². The smallest absolute Gasteiger partial charge is 0.293 e. The fourth-order valence-electron chi connectivity index (χ4n) is 2.43. The number of nitrogens with one attached hydrogen (secondary N) is 1. The van der Waals surface area contributed by atoms with Crippen LogP contribution in [0.5, 0.6) is 0 Å². The summed E-state index contributed by atoms with van der Waals surface area (Å²) in [5.41, 5.74) is 0.541. The van der Waals surface area contributed by atoms with Crippen molar-refractivity contribution in [2.45, 2.75) is 9.99 Å². The molecule has 142 valence electrons. The molecule has 4 rings (SSSR count). The van der Waals surface area contributed by atoms with Gasteiger partial charge in [0.05, 0.1) is 15.1 Å². The maximum Gasteiger partial charge on any atom is 0.293 e. The second-order valence-corrected chi connectivity index (χ2v) is 9.49. The number of carbonyl (C=O) groups excluding carboxylic acids is 1. The van der Waals surface area contributed by atoms with Crippen LogP contribution in [-0.2, 0) is 9.84 Å². The summed E-state index contributed by atoms with van der Waals surface area (Å²) in [6.07, 6.45) is 0. The summed E-state index contributed by atoms with van der Waals surface area (Å²) in [4.78, 5) is 16.6. The van der Waals surface area contributed by atoms with Crippen molar-refractivity contribution in [3.63, 3.8) is 0 Å². The van der Waals surface area contributed by atoms with E-state index in [9.17, 15) is 17.6 Å². The molecule has 2 aromatic heterocycles. The molecule has 0 fully saturated rings. The monoisotopic (exact) mass is 480 g/mol. The number of amides is 1. The van der Waals surface area contributed by atoms with E-state index < -0.39 is 21.6 Å². The normalized spacial score (nSPS) is 11.6. The van der Waals surface area contributed by atoms with Crippen LogP contribution in [0, 0.1) is 5.82 Å². The number of halogens is 2. The van der Waals surface area contributed by atoms with Crippen LogP contribution in [0.2, 0.25) is 0 Å². The second-order valence-electron chi connectivity index (χ2n) is 5.66. The van der Waals surface area contributed by atoms with Crippen LogP contribution in [0.25, 0.3) is 10.2 Å². The summed E-state index contributed by atoms with van der Waals surface area (Å²) in [6.45, 7) is 0. The lowest BCUT2D eigenvalue weighted by molar-refractivity contribution is 0.0991. The molecule has 1 amide bonds. The fraction of sp³-hybridized carbons (Fsp3) is 0. The van der Waals surface area contributed by atoms with Gasteiger partial charge in [-0.2, -0.15) is 0 Å². The molecule has 10 heteroatoms. The maximum atomic E-state index is 13.3. The Balaban J connectivity index is 1.57. The van der Waals surface area contributed by atoms with Crippen molar-refractivity contribution in [2.24, 2.45) is 0 Å². The number of rotatable bonds is 4. The van der Waals surface area contributed by atoms with Gasteiger partial charge in [-0.05, 0) is 54.6 Å². The van der Waals surface area contributed by atoms with E-state index in [1.165, 1.54) is 42.5 Å². The van der Waals surface area contributed by atoms with E-state index in [1.54, 1.807) is 12.1 Å². The van der Waals surface area contributed by atoms with E-state index >= 15 is 0 Å². The summed E-state index contributed by atoms with van der Waals surface area (Å²) < 4.78 is 45.1. The van der Waals surface area contributed by atoms with Gasteiger partial charge in [-0.3, -0.25) is 10.1 Å². The molecule has 0 saturated carbocycles. The Labute approximate surface area is 171 Å². The number of anilines is 1. The van der Waals surface area contributed by atoms with Gasteiger partial charge < -0.3 is 4.42 Å². The highest BCUT2D eigenvalue weighted by Gasteiger charge is 2.24. The molecule has 28 heavy (non-hydrogen) atoms. The number of hydrogen-bond donors (Lipinski definition) is 1. The fourth-order valence-corrected chi connectivity index (χ4v) is 4.75. The summed E-state index contributed by atoms with van der Waals surface area (Å²) in [7, 11) is -3.89. The number of furan rings is 1. The summed E-state index contributed by atoms with van der Waals surface area (Å²) >= 11 is 4.34. The minimum Gasteiger partial charge on any atom is -0.439 e. The summed E-state index contributed by atoms with van der Waals surface area (Å²) in [5, 5.41) is 2.44. The van der Waals surface area contributed by atoms with E-state index in [4.69, 9.17) is 4.42 Å². The number of benzene rings is 2. The van der Waals surface area contributed by atoms with Crippen LogP contribution < -0.4 is 5.32 Å². The van der Waals surface area contributed by atoms with Crippen LogP contribution in [0.15, 0.2) is 73.5 Å². The Kier molecular flexibility index (Phi) is 4.77. The number of thiazole rings is 1. The Hall–Kier alpha value is -2.56. The molecule has 0 atom stereocenters. The van der Waals surface area contributed by atoms with Crippen molar-refractivity contribution in [2.75, 3.05) is 5.32 Å². The van der Waals surface area contributed by atoms with Crippen LogP contribution >= 0.6 is 27.3 Å². The molecule has 0 unspecified atom stereocenters. The summed E-state index contributed by atoms with van der Waals surface area (Å²) in [5.74, 6) is -1.24. The zero-order valence-corrected chi connectivity index (χ0v) is 17.1. The number of hydrogen-bond acceptors (Lipinski definition) is 6. The van der Waals surface area contributed by atoms with Crippen molar-refractivity contribution in [1.29, 1.82) is 0 Å². The molecule has 4 aromatic rings. The van der Waals surface area contributed by atoms with Gasteiger partial charge in [-0.15, -0.1) is 0 Å². The molecule has 2 aromatic carbocycles. The van der Waals surface area contributed by atoms with E-state index in [2.05, 4.69) is 26.2 Å². The van der Waals surface area contributed by atoms with Gasteiger partial charge >= 0.3 is 0 Å². The Bertz CT molecular complexity index is 1300. The SMILES string of the molecule is O=C(Nc1nc2ccc(F)cc2s1)c1ccc(S(=O)(=O)c2ccc(Br)cc2)o1. The van der Waals surface area contributed by atoms with Gasteiger partial charge in [-0.1, -0.05) is 27.3 Å². The van der Waals surface area contributed by atoms with E-state index in [1.807, 2.05) is 0 Å². The van der Waals surface area contributed by atoms with Crippen LogP contribution in [0.1, 0.15) is 10.6 Å². The molecular weight excluding hydrogens is 471 g/mol. The quantitative estimate of drug-likeness (QED) is 0.449. The second kappa shape index (κ2) is 7.12. The number of fused-ring (bicyclic) bond motifs is 1. The largest absolute Gasteiger partial charge is 0.439 e. The van der Waals surface area contributed by atoms with Crippen molar-refractivity contribution in [3.8, 4) is 0 Å². The molecule has 0 aliphatic carbocycles. The third-order valence-electron chi connectivity index (χ3n) is 3.76. The van der Waals surface area contributed by atoms with E-state index in [0.29, 0.717) is 10.2 Å². The molecule has 0 saturated heterocycles. The standard InChI is InChI=1S/C18H10BrFN2O4S2/c19-10-1-4-12(5-2-10)28(24,25)16-8-7-14(26-16)17(23)22-18-21-13-6-3-11(20)9-15(13)27-18/h1-9H,(H,21,22,23). The number of carbonyl (C=O) groups is 1. The van der Waals surface area contributed by atoms with Crippen molar-refractivity contribution >= 4 is 58.4 Å². The van der Waals surface area contributed by atoms with Gasteiger partial charge in [0.2, 0.25) is 14.9 Å². The van der Waals surface area contributed by atoms with Crippen molar-refractivity contribution < 1.29 is 22.0 Å². The lowest BCUT2D eigenvalue weighted by Gasteiger charge is -2.01. The molecule has 2 heterocycles. The molecule has 0 bridgehead atoms. The average molecular weight is 481 g/mol. The maximum absolute atomic E-state index is 13.3. The highest BCUT2D eigenvalue weighted by atomic mass is 79.9. The topological polar surface area (TPSA) is 89.3 Å². The van der Waals surface area contributed by atoms with Crippen molar-refractivity contribution in [3.05, 3.63) is 70.6 Å². The average Bonchev–Trinajstić information content (AvgIpc) is 3.28. The first-order valence-corrected chi connectivity index (χ1v) is 10.9. The third-order valence-corrected chi connectivity index (χ3v) is 6.87. The predicted molar refractivity (Wildman–Crippen MR) is 106 cm³/mol. The lowest BCUT2D eigenvalue weighted by Crippen LogP contribution is -2.10. The zero-order valence-electron chi connectivity index (χ0n) is 13.8.